The Morgan fingerprint density at radius 1 is 1.38 bits per heavy atom. The van der Waals surface area contributed by atoms with Gasteiger partial charge in [0.2, 0.25) is 0 Å². The Hall–Kier alpha value is 0.740. The molecule has 1 aliphatic heterocycles. The summed E-state index contributed by atoms with van der Waals surface area (Å²) in [5.41, 5.74) is 1.61. The third kappa shape index (κ3) is 4.55. The van der Waals surface area contributed by atoms with Crippen LogP contribution < -0.4 is 0 Å². The SMILES string of the molecule is C=I/C(C(=NCC)I1CC1)=C(/C)CCCC. The molecule has 1 rings (SSSR count). The van der Waals surface area contributed by atoms with Crippen LogP contribution in [0.25, 0.3) is 0 Å². The number of halogens is 2. The van der Waals surface area contributed by atoms with Crippen molar-refractivity contribution in [3.05, 3.63) is 9.15 Å². The van der Waals surface area contributed by atoms with Gasteiger partial charge in [0, 0.05) is 0 Å². The molecule has 0 aromatic carbocycles. The second-order valence-corrected chi connectivity index (χ2v) is 11.6. The Bertz CT molecular complexity index is 301. The second kappa shape index (κ2) is 7.95. The summed E-state index contributed by atoms with van der Waals surface area (Å²) in [7, 11) is 0. The van der Waals surface area contributed by atoms with Crippen LogP contribution in [0.5, 0.6) is 0 Å². The fourth-order valence-corrected chi connectivity index (χ4v) is 10.4. The van der Waals surface area contributed by atoms with Crippen molar-refractivity contribution in [3.63, 3.8) is 0 Å². The van der Waals surface area contributed by atoms with E-state index in [4.69, 9.17) is 4.99 Å². The molecule has 0 aromatic heterocycles. The van der Waals surface area contributed by atoms with Gasteiger partial charge in [0.1, 0.15) is 0 Å². The predicted molar refractivity (Wildman–Crippen MR) is 95.1 cm³/mol. The van der Waals surface area contributed by atoms with Gasteiger partial charge in [-0.1, -0.05) is 0 Å². The molecule has 0 radical (unpaired) electrons. The zero-order valence-corrected chi connectivity index (χ0v) is 15.0. The standard InChI is InChI=1S/C13H23I2N/c1-5-7-8-11(3)12(14-4)13(16-6-2)15-9-10-15/h4-10H2,1-3H3/b12-11-,16-13?. The number of alkyl halides is 2. The van der Waals surface area contributed by atoms with Gasteiger partial charge in [-0.3, -0.25) is 0 Å². The van der Waals surface area contributed by atoms with Crippen molar-refractivity contribution in [2.24, 2.45) is 4.99 Å². The van der Waals surface area contributed by atoms with E-state index in [0.29, 0.717) is 0 Å². The monoisotopic (exact) mass is 447 g/mol. The van der Waals surface area contributed by atoms with Gasteiger partial charge in [0.25, 0.3) is 0 Å². The first-order chi connectivity index (χ1) is 7.74. The molecule has 0 spiro atoms. The molecule has 0 bridgehead atoms. The Balaban J connectivity index is 2.84. The summed E-state index contributed by atoms with van der Waals surface area (Å²) in [5.74, 6) is 0. The number of hydrogen-bond donors (Lipinski definition) is 0. The zero-order valence-electron chi connectivity index (χ0n) is 10.7. The minimum absolute atomic E-state index is 0.0248. The van der Waals surface area contributed by atoms with Gasteiger partial charge in [-0.25, -0.2) is 0 Å². The van der Waals surface area contributed by atoms with Gasteiger partial charge >= 0.3 is 118 Å². The predicted octanol–water partition coefficient (Wildman–Crippen LogP) is 4.79. The van der Waals surface area contributed by atoms with Crippen LogP contribution >= 0.6 is 40.6 Å². The summed E-state index contributed by atoms with van der Waals surface area (Å²) in [6.07, 6.45) is 3.89. The van der Waals surface area contributed by atoms with Gasteiger partial charge in [0.05, 0.1) is 0 Å². The maximum absolute atomic E-state index is 4.80. The van der Waals surface area contributed by atoms with Gasteiger partial charge in [-0.2, -0.15) is 0 Å². The molecule has 1 nitrogen and oxygen atoms in total. The van der Waals surface area contributed by atoms with E-state index in [1.54, 1.807) is 12.9 Å². The quantitative estimate of drug-likeness (QED) is 0.303. The van der Waals surface area contributed by atoms with Crippen molar-refractivity contribution in [2.75, 3.05) is 15.4 Å². The summed E-state index contributed by atoms with van der Waals surface area (Å²) in [4.78, 5) is 4.80. The Labute approximate surface area is 117 Å². The van der Waals surface area contributed by atoms with Gasteiger partial charge < -0.3 is 0 Å². The zero-order chi connectivity index (χ0) is 12.0. The van der Waals surface area contributed by atoms with Crippen molar-refractivity contribution in [3.8, 4) is 0 Å². The van der Waals surface area contributed by atoms with E-state index in [2.05, 4.69) is 25.3 Å². The summed E-state index contributed by atoms with van der Waals surface area (Å²) in [6.45, 7) is 7.72. The van der Waals surface area contributed by atoms with E-state index in [-0.39, 0.29) is 20.7 Å². The van der Waals surface area contributed by atoms with Crippen molar-refractivity contribution < 1.29 is 0 Å². The van der Waals surface area contributed by atoms with Crippen LogP contribution in [-0.2, 0) is 0 Å². The van der Waals surface area contributed by atoms with Crippen molar-refractivity contribution in [1.82, 2.24) is 0 Å². The van der Waals surface area contributed by atoms with E-state index in [1.165, 1.54) is 28.1 Å². The van der Waals surface area contributed by atoms with Crippen LogP contribution in [0.4, 0.5) is 0 Å². The van der Waals surface area contributed by atoms with Crippen molar-refractivity contribution in [2.45, 2.75) is 40.0 Å². The molecule has 0 atom stereocenters. The molecule has 1 aliphatic rings. The van der Waals surface area contributed by atoms with Crippen LogP contribution in [0, 0.1) is 0 Å². The summed E-state index contributed by atoms with van der Waals surface area (Å²) in [5, 5.41) is 0. The molecule has 0 saturated carbocycles. The average Bonchev–Trinajstić information content (AvgIpc) is 3.10. The molecule has 0 aromatic rings. The van der Waals surface area contributed by atoms with Gasteiger partial charge in [-0.15, -0.1) is 0 Å². The number of hydrogen-bond acceptors (Lipinski definition) is 1. The fourth-order valence-electron chi connectivity index (χ4n) is 1.52. The average molecular weight is 447 g/mol. The van der Waals surface area contributed by atoms with Crippen molar-refractivity contribution >= 4 is 48.8 Å². The first kappa shape index (κ1) is 14.8. The van der Waals surface area contributed by atoms with Crippen LogP contribution in [0.15, 0.2) is 14.1 Å². The first-order valence-electron chi connectivity index (χ1n) is 5.99. The number of aliphatic imine (C=N–C) groups is 1. The van der Waals surface area contributed by atoms with Gasteiger partial charge in [0.15, 0.2) is 0 Å². The van der Waals surface area contributed by atoms with Crippen LogP contribution in [-0.4, -0.2) is 23.6 Å². The Morgan fingerprint density at radius 2 is 2.06 bits per heavy atom. The molecule has 1 fully saturated rings. The first-order valence-corrected chi connectivity index (χ1v) is 12.7. The molecule has 0 amide bonds. The third-order valence-electron chi connectivity index (χ3n) is 2.52. The van der Waals surface area contributed by atoms with E-state index >= 15 is 0 Å². The Kier molecular flexibility index (Phi) is 7.35. The van der Waals surface area contributed by atoms with E-state index in [1.807, 2.05) is 0 Å². The summed E-state index contributed by atoms with van der Waals surface area (Å²) < 4.78 is 10.5. The summed E-state index contributed by atoms with van der Waals surface area (Å²) >= 11 is -0.733. The molecule has 0 unspecified atom stereocenters. The second-order valence-electron chi connectivity index (χ2n) is 3.93. The van der Waals surface area contributed by atoms with Crippen LogP contribution in [0.1, 0.15) is 40.0 Å². The molecular formula is C13H23I2N. The number of allylic oxidation sites excluding steroid dienone is 2. The van der Waals surface area contributed by atoms with Crippen LogP contribution in [0.3, 0.4) is 0 Å². The Morgan fingerprint density at radius 3 is 2.50 bits per heavy atom. The minimum atomic E-state index is -0.709. The molecule has 3 heteroatoms. The third-order valence-corrected chi connectivity index (χ3v) is 10.2. The topological polar surface area (TPSA) is 12.4 Å². The molecular weight excluding hydrogens is 424 g/mol. The molecule has 0 N–H and O–H groups in total. The normalized spacial score (nSPS) is 19.7. The van der Waals surface area contributed by atoms with E-state index < -0.39 is 19.8 Å². The maximum atomic E-state index is 4.80. The summed E-state index contributed by atoms with van der Waals surface area (Å²) in [6, 6.07) is 0. The number of unbranched alkanes of at least 4 members (excludes halogenated alkanes) is 1. The molecule has 0 aliphatic carbocycles. The van der Waals surface area contributed by atoms with Gasteiger partial charge in [-0.05, 0) is 0 Å². The number of rotatable bonds is 7. The molecule has 1 heterocycles. The number of nitrogens with zero attached hydrogens (tertiary/aromatic N) is 1. The fraction of sp³-hybridized carbons (Fsp3) is 0.692. The van der Waals surface area contributed by atoms with Crippen molar-refractivity contribution in [1.29, 1.82) is 0 Å². The van der Waals surface area contributed by atoms with E-state index in [0.717, 1.165) is 6.54 Å². The van der Waals surface area contributed by atoms with Crippen LogP contribution in [0.2, 0.25) is 0 Å². The molecule has 16 heavy (non-hydrogen) atoms. The van der Waals surface area contributed by atoms with E-state index in [9.17, 15) is 0 Å². The molecule has 1 saturated heterocycles. The molecule has 94 valence electrons.